The van der Waals surface area contributed by atoms with Crippen LogP contribution in [0.4, 0.5) is 22.0 Å². The van der Waals surface area contributed by atoms with Gasteiger partial charge in [-0.2, -0.15) is 34.6 Å². The minimum atomic E-state index is -5.62. The summed E-state index contributed by atoms with van der Waals surface area (Å²) in [5.41, 5.74) is 2.98. The van der Waals surface area contributed by atoms with Crippen LogP contribution in [-0.2, 0) is 5.75 Å². The van der Waals surface area contributed by atoms with E-state index in [1.165, 1.54) is 19.2 Å². The summed E-state index contributed by atoms with van der Waals surface area (Å²) in [5.74, 6) is -4.71. The molecule has 0 amide bonds. The van der Waals surface area contributed by atoms with Crippen LogP contribution in [0.3, 0.4) is 0 Å². The number of benzene rings is 1. The number of nitrogens with one attached hydrogen (secondary N) is 1. The molecule has 28 heavy (non-hydrogen) atoms. The summed E-state index contributed by atoms with van der Waals surface area (Å²) in [7, 11) is 0. The van der Waals surface area contributed by atoms with Crippen molar-refractivity contribution in [2.45, 2.75) is 24.8 Å². The number of para-hydroxylation sites is 2. The molecule has 3 N–H and O–H groups in total. The van der Waals surface area contributed by atoms with E-state index in [9.17, 15) is 22.0 Å². The summed E-state index contributed by atoms with van der Waals surface area (Å²) in [6, 6.07) is 9.17. The van der Waals surface area contributed by atoms with Gasteiger partial charge in [0.1, 0.15) is 5.75 Å². The predicted octanol–water partition coefficient (Wildman–Crippen LogP) is 4.13. The molecule has 3 rings (SSSR count). The van der Waals surface area contributed by atoms with Gasteiger partial charge in [-0.1, -0.05) is 12.1 Å². The molecule has 0 saturated heterocycles. The summed E-state index contributed by atoms with van der Waals surface area (Å²) in [5, 5.41) is 0. The highest BCUT2D eigenvalue weighted by Gasteiger charge is 2.58. The van der Waals surface area contributed by atoms with Crippen LogP contribution in [0.15, 0.2) is 42.9 Å². The van der Waals surface area contributed by atoms with Gasteiger partial charge in [-0.05, 0) is 25.1 Å². The number of hydrogen-bond donors (Lipinski definition) is 2. The van der Waals surface area contributed by atoms with Gasteiger partial charge in [-0.25, -0.2) is 4.98 Å². The molecule has 0 aliphatic carbocycles. The number of hydrogen-bond acceptors (Lipinski definition) is 4. The van der Waals surface area contributed by atoms with Gasteiger partial charge >= 0.3 is 12.1 Å². The van der Waals surface area contributed by atoms with Gasteiger partial charge in [0.25, 0.3) is 0 Å². The van der Waals surface area contributed by atoms with Crippen molar-refractivity contribution in [1.82, 2.24) is 15.0 Å². The molecule has 0 aliphatic heterocycles. The third-order valence-corrected chi connectivity index (χ3v) is 3.86. The largest absolute Gasteiger partial charge is 0.487 e. The van der Waals surface area contributed by atoms with Gasteiger partial charge in [-0.15, -0.1) is 0 Å². The van der Waals surface area contributed by atoms with Crippen molar-refractivity contribution in [1.29, 1.82) is 0 Å². The fourth-order valence-corrected chi connectivity index (χ4v) is 2.32. The second-order valence-electron chi connectivity index (χ2n) is 5.45. The quantitative estimate of drug-likeness (QED) is 0.489. The van der Waals surface area contributed by atoms with Crippen LogP contribution in [0.1, 0.15) is 11.3 Å². The topological polar surface area (TPSA) is 82.3 Å². The Hall–Kier alpha value is -2.40. The van der Waals surface area contributed by atoms with Crippen molar-refractivity contribution < 1.29 is 32.2 Å². The zero-order valence-corrected chi connectivity index (χ0v) is 15.5. The first-order valence-corrected chi connectivity index (χ1v) is 8.30. The lowest BCUT2D eigenvalue weighted by Gasteiger charge is -2.20. The zero-order chi connectivity index (χ0) is 20.1. The highest BCUT2D eigenvalue weighted by Crippen LogP contribution is 2.36. The summed E-state index contributed by atoms with van der Waals surface area (Å²) in [4.78, 5) is 11.0. The Morgan fingerprint density at radius 3 is 2.36 bits per heavy atom. The first-order valence-electron chi connectivity index (χ1n) is 7.66. The van der Waals surface area contributed by atoms with Gasteiger partial charge in [-0.3, -0.25) is 4.98 Å². The van der Waals surface area contributed by atoms with E-state index in [1.54, 1.807) is 6.33 Å². The minimum Gasteiger partial charge on any atom is -0.487 e. The van der Waals surface area contributed by atoms with E-state index in [-0.39, 0.29) is 17.0 Å². The van der Waals surface area contributed by atoms with Crippen molar-refractivity contribution in [3.63, 3.8) is 0 Å². The van der Waals surface area contributed by atoms with Crippen molar-refractivity contribution in [2.75, 3.05) is 6.61 Å². The lowest BCUT2D eigenvalue weighted by atomic mass is 10.2. The maximum Gasteiger partial charge on any atom is 0.456 e. The molecule has 0 atom stereocenters. The summed E-state index contributed by atoms with van der Waals surface area (Å²) in [6.45, 7) is -0.243. The van der Waals surface area contributed by atoms with Crippen LogP contribution in [0.2, 0.25) is 0 Å². The van der Waals surface area contributed by atoms with Crippen molar-refractivity contribution in [2.24, 2.45) is 0 Å². The molecule has 11 heteroatoms. The maximum atomic E-state index is 12.6. The molecule has 5 nitrogen and oxygen atoms in total. The minimum absolute atomic E-state index is 0. The number of aromatic nitrogens is 3. The Morgan fingerprint density at radius 2 is 1.75 bits per heavy atom. The average molecular weight is 423 g/mol. The zero-order valence-electron chi connectivity index (χ0n) is 14.6. The second kappa shape index (κ2) is 9.69. The lowest BCUT2D eigenvalue weighted by Crippen LogP contribution is -2.41. The standard InChI is InChI=1S/C10H10F5NOS.C7H6N2.H2O/c1-6-7(4-18)16-3-2-8(6)17-5-9(11,12)10(13,14)15;1-2-4-7-6(3-1)8-5-9-7;/h2-3,18H,4-5H2,1H3;1-5H,(H,8,9);1H2. The molecular formula is C17H18F5N3O2S. The van der Waals surface area contributed by atoms with Crippen LogP contribution >= 0.6 is 12.6 Å². The van der Waals surface area contributed by atoms with Gasteiger partial charge in [0, 0.05) is 17.5 Å². The molecule has 2 aromatic heterocycles. The number of aromatic amines is 1. The van der Waals surface area contributed by atoms with E-state index in [1.807, 2.05) is 24.3 Å². The predicted molar refractivity (Wildman–Crippen MR) is 97.9 cm³/mol. The van der Waals surface area contributed by atoms with Gasteiger partial charge in [0.15, 0.2) is 6.61 Å². The van der Waals surface area contributed by atoms with Crippen LogP contribution in [-0.4, -0.2) is 39.1 Å². The molecule has 0 unspecified atom stereocenters. The van der Waals surface area contributed by atoms with Gasteiger partial charge in [0.2, 0.25) is 0 Å². The van der Waals surface area contributed by atoms with Crippen LogP contribution in [0, 0.1) is 6.92 Å². The fourth-order valence-electron chi connectivity index (χ4n) is 2.00. The Kier molecular flexibility index (Phi) is 8.18. The number of nitrogens with zero attached hydrogens (tertiary/aromatic N) is 2. The van der Waals surface area contributed by atoms with Crippen LogP contribution in [0.5, 0.6) is 5.75 Å². The number of alkyl halides is 5. The average Bonchev–Trinajstić information content (AvgIpc) is 3.09. The summed E-state index contributed by atoms with van der Waals surface area (Å²) < 4.78 is 65.6. The van der Waals surface area contributed by atoms with E-state index in [0.717, 1.165) is 11.0 Å². The molecule has 0 radical (unpaired) electrons. The smallest absolute Gasteiger partial charge is 0.456 e. The number of rotatable bonds is 4. The molecule has 1 aromatic carbocycles. The Balaban J connectivity index is 0.000000326. The SMILES string of the molecule is Cc1c(OCC(F)(F)C(F)(F)F)ccnc1CS.O.c1ccc2[nH]cnc2c1. The maximum absolute atomic E-state index is 12.6. The van der Waals surface area contributed by atoms with Crippen LogP contribution < -0.4 is 4.74 Å². The summed E-state index contributed by atoms with van der Waals surface area (Å²) >= 11 is 3.95. The second-order valence-corrected chi connectivity index (χ2v) is 5.77. The highest BCUT2D eigenvalue weighted by molar-refractivity contribution is 7.79. The van der Waals surface area contributed by atoms with Crippen molar-refractivity contribution in [3.8, 4) is 5.75 Å². The monoisotopic (exact) mass is 423 g/mol. The molecule has 0 aliphatic rings. The fraction of sp³-hybridized carbons (Fsp3) is 0.294. The molecule has 154 valence electrons. The number of imidazole rings is 1. The van der Waals surface area contributed by atoms with Crippen LogP contribution in [0.25, 0.3) is 11.0 Å². The molecule has 0 saturated carbocycles. The van der Waals surface area contributed by atoms with E-state index in [4.69, 9.17) is 0 Å². The third kappa shape index (κ3) is 5.80. The Labute approximate surface area is 162 Å². The summed E-state index contributed by atoms with van der Waals surface area (Å²) in [6.07, 6.45) is -2.66. The van der Waals surface area contributed by atoms with E-state index >= 15 is 0 Å². The highest BCUT2D eigenvalue weighted by atomic mass is 32.1. The number of pyridine rings is 1. The molecule has 3 aromatic rings. The van der Waals surface area contributed by atoms with E-state index < -0.39 is 18.7 Å². The first-order chi connectivity index (χ1) is 12.7. The van der Waals surface area contributed by atoms with Crippen molar-refractivity contribution in [3.05, 3.63) is 54.1 Å². The molecule has 0 fully saturated rings. The molecular weight excluding hydrogens is 405 g/mol. The molecule has 0 spiro atoms. The Morgan fingerprint density at radius 1 is 1.07 bits per heavy atom. The van der Waals surface area contributed by atoms with E-state index in [0.29, 0.717) is 11.3 Å². The normalized spacial score (nSPS) is 11.4. The number of fused-ring (bicyclic) bond motifs is 1. The van der Waals surface area contributed by atoms with Crippen molar-refractivity contribution >= 4 is 23.7 Å². The molecule has 2 heterocycles. The lowest BCUT2D eigenvalue weighted by molar-refractivity contribution is -0.290. The Bertz CT molecular complexity index is 856. The third-order valence-electron chi connectivity index (χ3n) is 3.56. The number of thiol groups is 1. The number of ether oxygens (including phenoxy) is 1. The van der Waals surface area contributed by atoms with Gasteiger partial charge < -0.3 is 15.2 Å². The first kappa shape index (κ1) is 23.6. The number of halogens is 5. The van der Waals surface area contributed by atoms with Gasteiger partial charge in [0.05, 0.1) is 23.1 Å². The number of H-pyrrole nitrogens is 1. The molecule has 0 bridgehead atoms. The van der Waals surface area contributed by atoms with E-state index in [2.05, 4.69) is 32.3 Å².